The van der Waals surface area contributed by atoms with Gasteiger partial charge in [0.2, 0.25) is 5.76 Å². The van der Waals surface area contributed by atoms with Crippen molar-refractivity contribution in [1.29, 1.82) is 0 Å². The normalized spacial score (nSPS) is 11.1. The van der Waals surface area contributed by atoms with Crippen molar-refractivity contribution in [3.8, 4) is 5.75 Å². The molecule has 1 heterocycles. The second-order valence-corrected chi connectivity index (χ2v) is 7.76. The molecule has 0 amide bonds. The first-order valence-corrected chi connectivity index (χ1v) is 9.79. The maximum Gasteiger partial charge on any atom is 0.374 e. The Morgan fingerprint density at radius 3 is 2.56 bits per heavy atom. The number of benzene rings is 2. The van der Waals surface area contributed by atoms with E-state index in [1.165, 1.54) is 24.5 Å². The standard InChI is InChI=1S/C20H18O6S/c1-24-17-7-5-6-15(12-17)13-26-20(21)19-16(10-11-25-19)14-27(22,23)18-8-3-2-4-9-18/h2-12H,13-14H2,1H3. The molecule has 140 valence electrons. The lowest BCUT2D eigenvalue weighted by molar-refractivity contribution is 0.0434. The Balaban J connectivity index is 1.71. The molecule has 0 N–H and O–H groups in total. The third-order valence-electron chi connectivity index (χ3n) is 3.88. The Morgan fingerprint density at radius 1 is 1.04 bits per heavy atom. The topological polar surface area (TPSA) is 82.8 Å². The predicted octanol–water partition coefficient (Wildman–Crippen LogP) is 3.62. The monoisotopic (exact) mass is 386 g/mol. The lowest BCUT2D eigenvalue weighted by Crippen LogP contribution is -2.10. The van der Waals surface area contributed by atoms with Crippen LogP contribution in [-0.2, 0) is 26.9 Å². The summed E-state index contributed by atoms with van der Waals surface area (Å²) in [7, 11) is -2.05. The summed E-state index contributed by atoms with van der Waals surface area (Å²) in [6.07, 6.45) is 1.28. The average Bonchev–Trinajstić information content (AvgIpc) is 3.14. The summed E-state index contributed by atoms with van der Waals surface area (Å²) in [5, 5.41) is 0. The van der Waals surface area contributed by atoms with Gasteiger partial charge in [0.15, 0.2) is 9.84 Å². The van der Waals surface area contributed by atoms with Gasteiger partial charge in [0, 0.05) is 5.56 Å². The van der Waals surface area contributed by atoms with Crippen LogP contribution in [0.3, 0.4) is 0 Å². The highest BCUT2D eigenvalue weighted by molar-refractivity contribution is 7.90. The van der Waals surface area contributed by atoms with Gasteiger partial charge in [-0.3, -0.25) is 0 Å². The van der Waals surface area contributed by atoms with Crippen LogP contribution in [0.5, 0.6) is 5.75 Å². The minimum Gasteiger partial charge on any atom is -0.497 e. The van der Waals surface area contributed by atoms with E-state index in [-0.39, 0.29) is 28.6 Å². The smallest absolute Gasteiger partial charge is 0.374 e. The summed E-state index contributed by atoms with van der Waals surface area (Å²) in [5.74, 6) is -0.536. The van der Waals surface area contributed by atoms with Gasteiger partial charge in [-0.2, -0.15) is 0 Å². The van der Waals surface area contributed by atoms with Crippen LogP contribution >= 0.6 is 0 Å². The molecule has 1 aromatic heterocycles. The highest BCUT2D eigenvalue weighted by atomic mass is 32.2. The Kier molecular flexibility index (Phi) is 5.61. The Morgan fingerprint density at radius 2 is 1.81 bits per heavy atom. The maximum atomic E-state index is 12.5. The molecule has 6 nitrogen and oxygen atoms in total. The van der Waals surface area contributed by atoms with E-state index in [1.54, 1.807) is 49.6 Å². The van der Waals surface area contributed by atoms with E-state index in [0.29, 0.717) is 5.75 Å². The second-order valence-electron chi connectivity index (χ2n) is 5.77. The van der Waals surface area contributed by atoms with Crippen molar-refractivity contribution in [2.24, 2.45) is 0 Å². The van der Waals surface area contributed by atoms with E-state index in [2.05, 4.69) is 0 Å². The van der Waals surface area contributed by atoms with Crippen LogP contribution in [0.25, 0.3) is 0 Å². The number of hydrogen-bond donors (Lipinski definition) is 0. The molecule has 0 saturated heterocycles. The van der Waals surface area contributed by atoms with Gasteiger partial charge < -0.3 is 13.9 Å². The van der Waals surface area contributed by atoms with Gasteiger partial charge in [-0.15, -0.1) is 0 Å². The average molecular weight is 386 g/mol. The van der Waals surface area contributed by atoms with Crippen molar-refractivity contribution >= 4 is 15.8 Å². The summed E-state index contributed by atoms with van der Waals surface area (Å²) in [5.41, 5.74) is 1.00. The van der Waals surface area contributed by atoms with Crippen LogP contribution in [0.2, 0.25) is 0 Å². The molecule has 3 rings (SSSR count). The SMILES string of the molecule is COc1cccc(COC(=O)c2occc2CS(=O)(=O)c2ccccc2)c1. The molecule has 3 aromatic rings. The molecule has 0 aliphatic carbocycles. The third kappa shape index (κ3) is 4.57. The van der Waals surface area contributed by atoms with Crippen molar-refractivity contribution in [1.82, 2.24) is 0 Å². The number of methoxy groups -OCH3 is 1. The molecule has 0 fully saturated rings. The minimum atomic E-state index is -3.60. The molecule has 27 heavy (non-hydrogen) atoms. The van der Waals surface area contributed by atoms with Crippen LogP contribution in [0.15, 0.2) is 76.2 Å². The van der Waals surface area contributed by atoms with Gasteiger partial charge in [-0.05, 0) is 35.9 Å². The molecular weight excluding hydrogens is 368 g/mol. The second kappa shape index (κ2) is 8.09. The zero-order chi connectivity index (χ0) is 19.3. The van der Waals surface area contributed by atoms with E-state index >= 15 is 0 Å². The fraction of sp³-hybridized carbons (Fsp3) is 0.150. The number of esters is 1. The number of ether oxygens (including phenoxy) is 2. The first kappa shape index (κ1) is 18.7. The highest BCUT2D eigenvalue weighted by Gasteiger charge is 2.23. The van der Waals surface area contributed by atoms with Gasteiger partial charge in [0.1, 0.15) is 12.4 Å². The zero-order valence-electron chi connectivity index (χ0n) is 14.6. The van der Waals surface area contributed by atoms with Gasteiger partial charge in [0.25, 0.3) is 0 Å². The molecule has 0 radical (unpaired) electrons. The fourth-order valence-electron chi connectivity index (χ4n) is 2.52. The zero-order valence-corrected chi connectivity index (χ0v) is 15.4. The Hall–Kier alpha value is -3.06. The lowest BCUT2D eigenvalue weighted by atomic mass is 10.2. The molecule has 0 aliphatic heterocycles. The molecule has 0 bridgehead atoms. The number of hydrogen-bond acceptors (Lipinski definition) is 6. The first-order valence-electron chi connectivity index (χ1n) is 8.14. The summed E-state index contributed by atoms with van der Waals surface area (Å²) in [6.45, 7) is 0.0155. The highest BCUT2D eigenvalue weighted by Crippen LogP contribution is 2.21. The molecule has 2 aromatic carbocycles. The molecule has 0 atom stereocenters. The van der Waals surface area contributed by atoms with E-state index in [4.69, 9.17) is 13.9 Å². The van der Waals surface area contributed by atoms with Gasteiger partial charge in [-0.1, -0.05) is 30.3 Å². The molecule has 0 saturated carbocycles. The van der Waals surface area contributed by atoms with E-state index in [9.17, 15) is 13.2 Å². The lowest BCUT2D eigenvalue weighted by Gasteiger charge is -2.07. The number of furan rings is 1. The quantitative estimate of drug-likeness (QED) is 0.577. The minimum absolute atomic E-state index is 0.0155. The summed E-state index contributed by atoms with van der Waals surface area (Å²) in [4.78, 5) is 12.5. The van der Waals surface area contributed by atoms with Crippen molar-refractivity contribution in [2.75, 3.05) is 7.11 Å². The molecule has 0 aliphatic rings. The number of carbonyl (C=O) groups excluding carboxylic acids is 1. The van der Waals surface area contributed by atoms with Crippen molar-refractivity contribution in [3.63, 3.8) is 0 Å². The number of sulfone groups is 1. The van der Waals surface area contributed by atoms with Crippen LogP contribution in [0, 0.1) is 0 Å². The Labute approximate surface area is 157 Å². The van der Waals surface area contributed by atoms with Gasteiger partial charge in [-0.25, -0.2) is 13.2 Å². The number of carbonyl (C=O) groups is 1. The Bertz CT molecular complexity index is 1020. The molecule has 0 spiro atoms. The first-order chi connectivity index (χ1) is 13.0. The van der Waals surface area contributed by atoms with Gasteiger partial charge in [0.05, 0.1) is 24.0 Å². The largest absolute Gasteiger partial charge is 0.497 e. The van der Waals surface area contributed by atoms with E-state index in [0.717, 1.165) is 5.56 Å². The van der Waals surface area contributed by atoms with Crippen molar-refractivity contribution in [2.45, 2.75) is 17.3 Å². The molecular formula is C20H18O6S. The van der Waals surface area contributed by atoms with Crippen LogP contribution in [-0.4, -0.2) is 21.5 Å². The summed E-state index contributed by atoms with van der Waals surface area (Å²) >= 11 is 0. The van der Waals surface area contributed by atoms with Crippen LogP contribution in [0.4, 0.5) is 0 Å². The van der Waals surface area contributed by atoms with Crippen LogP contribution in [0.1, 0.15) is 21.7 Å². The van der Waals surface area contributed by atoms with E-state index in [1.807, 2.05) is 0 Å². The van der Waals surface area contributed by atoms with Gasteiger partial charge >= 0.3 is 5.97 Å². The van der Waals surface area contributed by atoms with Crippen molar-refractivity contribution in [3.05, 3.63) is 83.8 Å². The predicted molar refractivity (Wildman–Crippen MR) is 98.2 cm³/mol. The third-order valence-corrected chi connectivity index (χ3v) is 5.57. The molecule has 0 unspecified atom stereocenters. The van der Waals surface area contributed by atoms with E-state index < -0.39 is 15.8 Å². The summed E-state index contributed by atoms with van der Waals surface area (Å²) in [6, 6.07) is 16.6. The van der Waals surface area contributed by atoms with Crippen molar-refractivity contribution < 1.29 is 27.1 Å². The number of rotatable bonds is 7. The van der Waals surface area contributed by atoms with Crippen LogP contribution < -0.4 is 4.74 Å². The molecule has 7 heteroatoms. The summed E-state index contributed by atoms with van der Waals surface area (Å²) < 4.78 is 40.6. The fourth-order valence-corrected chi connectivity index (χ4v) is 3.90. The maximum absolute atomic E-state index is 12.5.